The molecule has 132 valence electrons. The second-order valence-electron chi connectivity index (χ2n) is 6.37. The third-order valence-corrected chi connectivity index (χ3v) is 4.34. The zero-order chi connectivity index (χ0) is 17.5. The summed E-state index contributed by atoms with van der Waals surface area (Å²) in [4.78, 5) is 35.4. The highest BCUT2D eigenvalue weighted by molar-refractivity contribution is 5.93. The quantitative estimate of drug-likeness (QED) is 0.855. The van der Waals surface area contributed by atoms with Crippen molar-refractivity contribution in [2.24, 2.45) is 0 Å². The maximum Gasteiger partial charge on any atom is 0.342 e. The monoisotopic (exact) mass is 335 g/mol. The molecule has 1 aliphatic rings. The summed E-state index contributed by atoms with van der Waals surface area (Å²) >= 11 is 0. The van der Waals surface area contributed by atoms with E-state index in [1.54, 1.807) is 6.92 Å². The number of esters is 1. The van der Waals surface area contributed by atoms with E-state index >= 15 is 0 Å². The van der Waals surface area contributed by atoms with Crippen molar-refractivity contribution in [1.29, 1.82) is 0 Å². The minimum Gasteiger partial charge on any atom is -0.452 e. The summed E-state index contributed by atoms with van der Waals surface area (Å²) in [6, 6.07) is 1.40. The zero-order valence-corrected chi connectivity index (χ0v) is 14.4. The Balaban J connectivity index is 1.87. The number of carbonyl (C=O) groups is 2. The lowest BCUT2D eigenvalue weighted by molar-refractivity contribution is -0.125. The molecule has 24 heavy (non-hydrogen) atoms. The van der Waals surface area contributed by atoms with Gasteiger partial charge in [0, 0.05) is 12.1 Å². The van der Waals surface area contributed by atoms with Crippen LogP contribution in [-0.4, -0.2) is 24.5 Å². The molecule has 0 aliphatic heterocycles. The minimum absolute atomic E-state index is 0.162. The van der Waals surface area contributed by atoms with E-state index in [2.05, 4.69) is 5.32 Å². The lowest BCUT2D eigenvalue weighted by Gasteiger charge is -2.21. The Kier molecular flexibility index (Phi) is 6.58. The van der Waals surface area contributed by atoms with Gasteiger partial charge in [-0.25, -0.2) is 9.59 Å². The molecule has 1 aromatic rings. The number of amides is 1. The molecule has 1 aliphatic carbocycles. The van der Waals surface area contributed by atoms with E-state index in [4.69, 9.17) is 9.15 Å². The summed E-state index contributed by atoms with van der Waals surface area (Å²) in [7, 11) is 0. The van der Waals surface area contributed by atoms with Gasteiger partial charge in [0.15, 0.2) is 6.61 Å². The van der Waals surface area contributed by atoms with Crippen molar-refractivity contribution in [3.63, 3.8) is 0 Å². The number of carbonyl (C=O) groups excluding carboxylic acids is 2. The van der Waals surface area contributed by atoms with Crippen LogP contribution in [0.25, 0.3) is 0 Å². The molecule has 1 amide bonds. The van der Waals surface area contributed by atoms with Crippen molar-refractivity contribution in [2.45, 2.75) is 64.8 Å². The Hall–Kier alpha value is -2.11. The molecule has 0 bridgehead atoms. The molecule has 2 rings (SSSR count). The van der Waals surface area contributed by atoms with Gasteiger partial charge < -0.3 is 14.5 Å². The van der Waals surface area contributed by atoms with E-state index in [1.165, 1.54) is 32.3 Å². The van der Waals surface area contributed by atoms with Crippen molar-refractivity contribution >= 4 is 11.9 Å². The Morgan fingerprint density at radius 2 is 1.79 bits per heavy atom. The molecule has 6 heteroatoms. The van der Waals surface area contributed by atoms with Crippen LogP contribution in [0, 0.1) is 13.8 Å². The number of hydrogen-bond acceptors (Lipinski definition) is 5. The summed E-state index contributed by atoms with van der Waals surface area (Å²) in [6.07, 6.45) is 7.87. The van der Waals surface area contributed by atoms with Crippen molar-refractivity contribution in [3.8, 4) is 0 Å². The van der Waals surface area contributed by atoms with Crippen LogP contribution in [0.15, 0.2) is 15.3 Å². The van der Waals surface area contributed by atoms with Gasteiger partial charge in [-0.3, -0.25) is 4.79 Å². The second-order valence-corrected chi connectivity index (χ2v) is 6.37. The third kappa shape index (κ3) is 5.22. The van der Waals surface area contributed by atoms with Gasteiger partial charge in [-0.05, 0) is 32.3 Å². The molecular formula is C18H25NO5. The standard InChI is InChI=1S/C18H25NO5/c1-12-10-16(21)24-13(2)17(12)18(22)23-11-15(20)19-14-8-6-4-3-5-7-9-14/h10,14H,3-9,11H2,1-2H3,(H,19,20). The fraction of sp³-hybridized carbons (Fsp3) is 0.611. The van der Waals surface area contributed by atoms with Crippen LogP contribution in [0.1, 0.15) is 66.6 Å². The van der Waals surface area contributed by atoms with Gasteiger partial charge in [0.05, 0.1) is 0 Å². The van der Waals surface area contributed by atoms with Gasteiger partial charge in [-0.2, -0.15) is 0 Å². The normalized spacial score (nSPS) is 16.1. The number of nitrogens with one attached hydrogen (secondary N) is 1. The minimum atomic E-state index is -0.651. The fourth-order valence-corrected chi connectivity index (χ4v) is 3.14. The summed E-state index contributed by atoms with van der Waals surface area (Å²) in [5.74, 6) is -0.742. The number of rotatable bonds is 4. The molecule has 1 aromatic heterocycles. The summed E-state index contributed by atoms with van der Waals surface area (Å²) in [5, 5.41) is 2.94. The first-order chi connectivity index (χ1) is 11.5. The third-order valence-electron chi connectivity index (χ3n) is 4.34. The predicted octanol–water partition coefficient (Wildman–Crippen LogP) is 2.64. The number of hydrogen-bond donors (Lipinski definition) is 1. The van der Waals surface area contributed by atoms with E-state index in [0.29, 0.717) is 5.56 Å². The fourth-order valence-electron chi connectivity index (χ4n) is 3.14. The van der Waals surface area contributed by atoms with E-state index in [1.807, 2.05) is 0 Å². The number of aryl methyl sites for hydroxylation is 2. The molecule has 0 saturated heterocycles. The van der Waals surface area contributed by atoms with Gasteiger partial charge in [0.2, 0.25) is 0 Å². The molecule has 0 radical (unpaired) electrons. The summed E-state index contributed by atoms with van der Waals surface area (Å²) < 4.78 is 9.98. The number of ether oxygens (including phenoxy) is 1. The Morgan fingerprint density at radius 3 is 2.42 bits per heavy atom. The maximum atomic E-state index is 12.1. The van der Waals surface area contributed by atoms with Gasteiger partial charge >= 0.3 is 11.6 Å². The van der Waals surface area contributed by atoms with Crippen LogP contribution < -0.4 is 10.9 Å². The first-order valence-corrected chi connectivity index (χ1v) is 8.55. The van der Waals surface area contributed by atoms with E-state index < -0.39 is 11.6 Å². The summed E-state index contributed by atoms with van der Waals surface area (Å²) in [6.45, 7) is 2.84. The van der Waals surface area contributed by atoms with Gasteiger partial charge in [-0.1, -0.05) is 32.1 Å². The molecule has 1 heterocycles. The van der Waals surface area contributed by atoms with Crippen LogP contribution in [0.2, 0.25) is 0 Å². The molecule has 6 nitrogen and oxygen atoms in total. The van der Waals surface area contributed by atoms with Crippen LogP contribution in [-0.2, 0) is 9.53 Å². The van der Waals surface area contributed by atoms with Crippen LogP contribution in [0.5, 0.6) is 0 Å². The molecule has 0 aromatic carbocycles. The molecule has 1 fully saturated rings. The van der Waals surface area contributed by atoms with Crippen molar-refractivity contribution in [1.82, 2.24) is 5.32 Å². The van der Waals surface area contributed by atoms with E-state index in [0.717, 1.165) is 25.7 Å². The van der Waals surface area contributed by atoms with Crippen LogP contribution in [0.4, 0.5) is 0 Å². The van der Waals surface area contributed by atoms with Crippen LogP contribution in [0.3, 0.4) is 0 Å². The molecule has 0 spiro atoms. The second kappa shape index (κ2) is 8.66. The van der Waals surface area contributed by atoms with Crippen LogP contribution >= 0.6 is 0 Å². The average molecular weight is 335 g/mol. The highest BCUT2D eigenvalue weighted by Crippen LogP contribution is 2.17. The molecule has 0 unspecified atom stereocenters. The molecule has 0 atom stereocenters. The Morgan fingerprint density at radius 1 is 1.17 bits per heavy atom. The van der Waals surface area contributed by atoms with E-state index in [9.17, 15) is 14.4 Å². The average Bonchev–Trinajstić information content (AvgIpc) is 2.46. The van der Waals surface area contributed by atoms with Crippen molar-refractivity contribution in [2.75, 3.05) is 6.61 Å². The zero-order valence-electron chi connectivity index (χ0n) is 14.4. The highest BCUT2D eigenvalue weighted by Gasteiger charge is 2.19. The topological polar surface area (TPSA) is 85.6 Å². The van der Waals surface area contributed by atoms with Crippen molar-refractivity contribution < 1.29 is 18.7 Å². The van der Waals surface area contributed by atoms with Gasteiger partial charge in [-0.15, -0.1) is 0 Å². The molecule has 1 saturated carbocycles. The largest absolute Gasteiger partial charge is 0.452 e. The highest BCUT2D eigenvalue weighted by atomic mass is 16.5. The van der Waals surface area contributed by atoms with Crippen molar-refractivity contribution in [3.05, 3.63) is 33.4 Å². The van der Waals surface area contributed by atoms with Gasteiger partial charge in [0.25, 0.3) is 5.91 Å². The maximum absolute atomic E-state index is 12.1. The summed E-state index contributed by atoms with van der Waals surface area (Å²) in [5.41, 5.74) is 0.172. The first kappa shape index (κ1) is 18.2. The lowest BCUT2D eigenvalue weighted by atomic mass is 9.97. The SMILES string of the molecule is Cc1cc(=O)oc(C)c1C(=O)OCC(=O)NC1CCCCCCC1. The van der Waals surface area contributed by atoms with Gasteiger partial charge in [0.1, 0.15) is 11.3 Å². The lowest BCUT2D eigenvalue weighted by Crippen LogP contribution is -2.38. The smallest absolute Gasteiger partial charge is 0.342 e. The first-order valence-electron chi connectivity index (χ1n) is 8.55. The molecule has 1 N–H and O–H groups in total. The predicted molar refractivity (Wildman–Crippen MR) is 89.0 cm³/mol. The molecular weight excluding hydrogens is 310 g/mol. The van der Waals surface area contributed by atoms with E-state index in [-0.39, 0.29) is 29.9 Å². The Bertz CT molecular complexity index is 615. The Labute approximate surface area is 141 Å².